The van der Waals surface area contributed by atoms with E-state index in [2.05, 4.69) is 4.98 Å². The Labute approximate surface area is 91.7 Å². The molecule has 1 saturated heterocycles. The number of hydrogen-bond donors (Lipinski definition) is 0. The number of aromatic nitrogens is 1. The van der Waals surface area contributed by atoms with E-state index in [1.807, 2.05) is 11.8 Å². The summed E-state index contributed by atoms with van der Waals surface area (Å²) in [5, 5.41) is 0. The topological polar surface area (TPSA) is 33.2 Å². The largest absolute Gasteiger partial charge is 0.336 e. The van der Waals surface area contributed by atoms with E-state index in [-0.39, 0.29) is 11.6 Å². The fourth-order valence-electron chi connectivity index (χ4n) is 1.46. The zero-order chi connectivity index (χ0) is 10.7. The highest BCUT2D eigenvalue weighted by molar-refractivity contribution is 7.99. The maximum absolute atomic E-state index is 12.8. The smallest absolute Gasteiger partial charge is 0.272 e. The van der Waals surface area contributed by atoms with Crippen molar-refractivity contribution in [1.29, 1.82) is 0 Å². The SMILES string of the molecule is O=C(c1cccc(F)n1)N1CCSCC1. The molecule has 0 spiro atoms. The summed E-state index contributed by atoms with van der Waals surface area (Å²) in [6.07, 6.45) is 0. The zero-order valence-corrected chi connectivity index (χ0v) is 8.97. The van der Waals surface area contributed by atoms with Gasteiger partial charge in [0.15, 0.2) is 0 Å². The number of nitrogens with zero attached hydrogens (tertiary/aromatic N) is 2. The summed E-state index contributed by atoms with van der Waals surface area (Å²) in [5.41, 5.74) is 0.196. The van der Waals surface area contributed by atoms with Gasteiger partial charge in [0.05, 0.1) is 0 Å². The van der Waals surface area contributed by atoms with Gasteiger partial charge >= 0.3 is 0 Å². The molecule has 15 heavy (non-hydrogen) atoms. The quantitative estimate of drug-likeness (QED) is 0.679. The average molecular weight is 226 g/mol. The molecule has 1 aromatic heterocycles. The summed E-state index contributed by atoms with van der Waals surface area (Å²) in [7, 11) is 0. The maximum atomic E-state index is 12.8. The Bertz CT molecular complexity index is 366. The molecule has 0 aliphatic carbocycles. The van der Waals surface area contributed by atoms with Crippen LogP contribution in [-0.4, -0.2) is 40.4 Å². The summed E-state index contributed by atoms with van der Waals surface area (Å²) < 4.78 is 12.8. The van der Waals surface area contributed by atoms with Gasteiger partial charge in [-0.1, -0.05) is 6.07 Å². The summed E-state index contributed by atoms with van der Waals surface area (Å²) in [6.45, 7) is 1.45. The number of carbonyl (C=O) groups is 1. The van der Waals surface area contributed by atoms with Crippen molar-refractivity contribution in [2.45, 2.75) is 0 Å². The molecule has 0 aromatic carbocycles. The van der Waals surface area contributed by atoms with E-state index in [1.165, 1.54) is 12.1 Å². The normalized spacial score (nSPS) is 16.5. The molecule has 0 unspecified atom stereocenters. The molecular formula is C10H11FN2OS. The molecule has 0 saturated carbocycles. The van der Waals surface area contributed by atoms with E-state index >= 15 is 0 Å². The predicted octanol–water partition coefficient (Wildman–Crippen LogP) is 1.41. The van der Waals surface area contributed by atoms with Gasteiger partial charge in [-0.25, -0.2) is 4.98 Å². The average Bonchev–Trinajstić information content (AvgIpc) is 2.29. The van der Waals surface area contributed by atoms with Crippen molar-refractivity contribution < 1.29 is 9.18 Å². The van der Waals surface area contributed by atoms with E-state index in [1.54, 1.807) is 11.0 Å². The van der Waals surface area contributed by atoms with E-state index in [0.29, 0.717) is 0 Å². The van der Waals surface area contributed by atoms with Gasteiger partial charge < -0.3 is 4.90 Å². The van der Waals surface area contributed by atoms with Crippen LogP contribution in [0.1, 0.15) is 10.5 Å². The molecule has 3 nitrogen and oxygen atoms in total. The van der Waals surface area contributed by atoms with Crippen molar-refractivity contribution in [1.82, 2.24) is 9.88 Å². The predicted molar refractivity (Wildman–Crippen MR) is 57.4 cm³/mol. The summed E-state index contributed by atoms with van der Waals surface area (Å²) in [6, 6.07) is 4.30. The highest BCUT2D eigenvalue weighted by Gasteiger charge is 2.19. The van der Waals surface area contributed by atoms with Crippen LogP contribution in [0.15, 0.2) is 18.2 Å². The van der Waals surface area contributed by atoms with Crippen LogP contribution < -0.4 is 0 Å². The van der Waals surface area contributed by atoms with Gasteiger partial charge in [0.25, 0.3) is 5.91 Å². The van der Waals surface area contributed by atoms with Crippen molar-refractivity contribution >= 4 is 17.7 Å². The monoisotopic (exact) mass is 226 g/mol. The van der Waals surface area contributed by atoms with Crippen LogP contribution in [0.3, 0.4) is 0 Å². The molecule has 1 aliphatic heterocycles. The Hall–Kier alpha value is -1.10. The van der Waals surface area contributed by atoms with Crippen molar-refractivity contribution in [3.05, 3.63) is 29.8 Å². The van der Waals surface area contributed by atoms with E-state index < -0.39 is 5.95 Å². The van der Waals surface area contributed by atoms with Crippen molar-refractivity contribution in [3.63, 3.8) is 0 Å². The van der Waals surface area contributed by atoms with Crippen LogP contribution in [0.5, 0.6) is 0 Å². The Balaban J connectivity index is 2.12. The van der Waals surface area contributed by atoms with Crippen molar-refractivity contribution in [3.8, 4) is 0 Å². The molecule has 1 aliphatic rings. The molecular weight excluding hydrogens is 215 g/mol. The van der Waals surface area contributed by atoms with Crippen molar-refractivity contribution in [2.75, 3.05) is 24.6 Å². The molecule has 2 heterocycles. The molecule has 1 aromatic rings. The van der Waals surface area contributed by atoms with Gasteiger partial charge in [0.1, 0.15) is 5.69 Å². The number of thioether (sulfide) groups is 1. The number of carbonyl (C=O) groups excluding carboxylic acids is 1. The standard InChI is InChI=1S/C10H11FN2OS/c11-9-3-1-2-8(12-9)10(14)13-4-6-15-7-5-13/h1-3H,4-7H2. The van der Waals surface area contributed by atoms with Gasteiger partial charge in [-0.3, -0.25) is 4.79 Å². The van der Waals surface area contributed by atoms with Crippen LogP contribution in [-0.2, 0) is 0 Å². The first-order chi connectivity index (χ1) is 7.27. The number of rotatable bonds is 1. The lowest BCUT2D eigenvalue weighted by Crippen LogP contribution is -2.38. The third-order valence-electron chi connectivity index (χ3n) is 2.23. The van der Waals surface area contributed by atoms with E-state index in [4.69, 9.17) is 0 Å². The van der Waals surface area contributed by atoms with E-state index in [0.717, 1.165) is 24.6 Å². The van der Waals surface area contributed by atoms with Gasteiger partial charge in [0.2, 0.25) is 5.95 Å². The first-order valence-corrected chi connectivity index (χ1v) is 5.92. The van der Waals surface area contributed by atoms with Crippen LogP contribution >= 0.6 is 11.8 Å². The molecule has 5 heteroatoms. The van der Waals surface area contributed by atoms with E-state index in [9.17, 15) is 9.18 Å². The maximum Gasteiger partial charge on any atom is 0.272 e. The fourth-order valence-corrected chi connectivity index (χ4v) is 2.36. The number of amides is 1. The number of pyridine rings is 1. The first kappa shape index (κ1) is 10.4. The van der Waals surface area contributed by atoms with Crippen LogP contribution in [0.4, 0.5) is 4.39 Å². The molecule has 0 N–H and O–H groups in total. The second kappa shape index (κ2) is 4.61. The highest BCUT2D eigenvalue weighted by atomic mass is 32.2. The molecule has 2 rings (SSSR count). The zero-order valence-electron chi connectivity index (χ0n) is 8.15. The second-order valence-corrected chi connectivity index (χ2v) is 4.47. The molecule has 80 valence electrons. The lowest BCUT2D eigenvalue weighted by molar-refractivity contribution is 0.0765. The first-order valence-electron chi connectivity index (χ1n) is 4.77. The van der Waals surface area contributed by atoms with Gasteiger partial charge in [0, 0.05) is 24.6 Å². The van der Waals surface area contributed by atoms with Crippen LogP contribution in [0, 0.1) is 5.95 Å². The highest BCUT2D eigenvalue weighted by Crippen LogP contribution is 2.12. The molecule has 0 radical (unpaired) electrons. The summed E-state index contributed by atoms with van der Waals surface area (Å²) in [4.78, 5) is 17.1. The molecule has 1 fully saturated rings. The summed E-state index contributed by atoms with van der Waals surface area (Å²) in [5.74, 6) is 1.12. The van der Waals surface area contributed by atoms with Gasteiger partial charge in [-0.05, 0) is 12.1 Å². The Morgan fingerprint density at radius 1 is 1.40 bits per heavy atom. The van der Waals surface area contributed by atoms with Crippen LogP contribution in [0.2, 0.25) is 0 Å². The van der Waals surface area contributed by atoms with Crippen molar-refractivity contribution in [2.24, 2.45) is 0 Å². The third-order valence-corrected chi connectivity index (χ3v) is 3.18. The molecule has 1 amide bonds. The second-order valence-electron chi connectivity index (χ2n) is 3.25. The minimum atomic E-state index is -0.604. The number of hydrogen-bond acceptors (Lipinski definition) is 3. The Morgan fingerprint density at radius 3 is 2.80 bits per heavy atom. The molecule has 0 atom stereocenters. The van der Waals surface area contributed by atoms with Gasteiger partial charge in [-0.15, -0.1) is 0 Å². The Kier molecular flexibility index (Phi) is 3.20. The van der Waals surface area contributed by atoms with Gasteiger partial charge in [-0.2, -0.15) is 16.2 Å². The number of halogens is 1. The summed E-state index contributed by atoms with van der Waals surface area (Å²) >= 11 is 1.83. The minimum Gasteiger partial charge on any atom is -0.336 e. The molecule has 0 bridgehead atoms. The lowest BCUT2D eigenvalue weighted by atomic mass is 10.3. The Morgan fingerprint density at radius 2 is 2.13 bits per heavy atom. The minimum absolute atomic E-state index is 0.171. The van der Waals surface area contributed by atoms with Crippen LogP contribution in [0.25, 0.3) is 0 Å². The lowest BCUT2D eigenvalue weighted by Gasteiger charge is -2.25. The third kappa shape index (κ3) is 2.47. The fraction of sp³-hybridized carbons (Fsp3) is 0.400.